The van der Waals surface area contributed by atoms with Gasteiger partial charge in [0.2, 0.25) is 0 Å². The average molecular weight is 301 g/mol. The van der Waals surface area contributed by atoms with Gasteiger partial charge >= 0.3 is 0 Å². The monoisotopic (exact) mass is 300 g/mol. The molecule has 1 heteroatoms. The van der Waals surface area contributed by atoms with Crippen LogP contribution >= 0.6 is 15.9 Å². The quantitative estimate of drug-likeness (QED) is 0.702. The molecule has 1 unspecified atom stereocenters. The van der Waals surface area contributed by atoms with Crippen LogP contribution in [0.2, 0.25) is 0 Å². The van der Waals surface area contributed by atoms with Crippen LogP contribution in [-0.4, -0.2) is 0 Å². The summed E-state index contributed by atoms with van der Waals surface area (Å²) in [5.74, 6) is 0.381. The van der Waals surface area contributed by atoms with Crippen molar-refractivity contribution in [3.63, 3.8) is 0 Å². The van der Waals surface area contributed by atoms with Crippen molar-refractivity contribution in [2.24, 2.45) is 0 Å². The Bertz CT molecular complexity index is 488. The Morgan fingerprint density at radius 1 is 0.944 bits per heavy atom. The SMILES string of the molecule is C=C(Br)C(CCc1ccccc1)c1ccccc1. The third-order valence-electron chi connectivity index (χ3n) is 3.14. The first-order valence-corrected chi connectivity index (χ1v) is 7.00. The van der Waals surface area contributed by atoms with Gasteiger partial charge in [-0.1, -0.05) is 83.2 Å². The molecule has 0 saturated carbocycles. The fourth-order valence-corrected chi connectivity index (χ4v) is 2.64. The molecule has 0 bridgehead atoms. The second-order valence-electron chi connectivity index (χ2n) is 4.43. The van der Waals surface area contributed by atoms with Crippen molar-refractivity contribution in [2.75, 3.05) is 0 Å². The minimum absolute atomic E-state index is 0.381. The number of halogens is 1. The highest BCUT2D eigenvalue weighted by molar-refractivity contribution is 9.11. The molecule has 0 aromatic heterocycles. The molecular formula is C17H17Br. The highest BCUT2D eigenvalue weighted by Crippen LogP contribution is 2.31. The van der Waals surface area contributed by atoms with E-state index in [2.05, 4.69) is 83.2 Å². The molecule has 0 spiro atoms. The van der Waals surface area contributed by atoms with E-state index < -0.39 is 0 Å². The Balaban J connectivity index is 2.06. The first kappa shape index (κ1) is 13.1. The number of benzene rings is 2. The van der Waals surface area contributed by atoms with E-state index in [-0.39, 0.29) is 0 Å². The summed E-state index contributed by atoms with van der Waals surface area (Å²) in [6.45, 7) is 4.06. The maximum atomic E-state index is 4.06. The van der Waals surface area contributed by atoms with Crippen LogP contribution in [-0.2, 0) is 6.42 Å². The zero-order chi connectivity index (χ0) is 12.8. The molecule has 18 heavy (non-hydrogen) atoms. The molecule has 0 aliphatic heterocycles. The highest BCUT2D eigenvalue weighted by Gasteiger charge is 2.12. The lowest BCUT2D eigenvalue weighted by atomic mass is 9.92. The van der Waals surface area contributed by atoms with Crippen LogP contribution in [0.1, 0.15) is 23.5 Å². The third kappa shape index (κ3) is 3.58. The molecule has 0 nitrogen and oxygen atoms in total. The van der Waals surface area contributed by atoms with Crippen molar-refractivity contribution in [3.05, 3.63) is 82.9 Å². The molecule has 0 aliphatic rings. The van der Waals surface area contributed by atoms with Gasteiger partial charge in [0.05, 0.1) is 0 Å². The van der Waals surface area contributed by atoms with Crippen LogP contribution in [0.4, 0.5) is 0 Å². The smallest absolute Gasteiger partial charge is 0.0153 e. The van der Waals surface area contributed by atoms with Gasteiger partial charge in [-0.05, 0) is 28.5 Å². The zero-order valence-electron chi connectivity index (χ0n) is 10.4. The van der Waals surface area contributed by atoms with E-state index >= 15 is 0 Å². The minimum Gasteiger partial charge on any atom is -0.0882 e. The summed E-state index contributed by atoms with van der Waals surface area (Å²) in [4.78, 5) is 0. The summed E-state index contributed by atoms with van der Waals surface area (Å²) in [5.41, 5.74) is 2.71. The van der Waals surface area contributed by atoms with E-state index in [9.17, 15) is 0 Å². The maximum Gasteiger partial charge on any atom is 0.0153 e. The maximum absolute atomic E-state index is 4.06. The highest BCUT2D eigenvalue weighted by atomic mass is 79.9. The molecular weight excluding hydrogens is 284 g/mol. The van der Waals surface area contributed by atoms with E-state index in [4.69, 9.17) is 0 Å². The van der Waals surface area contributed by atoms with E-state index in [0.717, 1.165) is 17.3 Å². The van der Waals surface area contributed by atoms with Gasteiger partial charge < -0.3 is 0 Å². The second kappa shape index (κ2) is 6.55. The zero-order valence-corrected chi connectivity index (χ0v) is 11.9. The fourth-order valence-electron chi connectivity index (χ4n) is 2.15. The van der Waals surface area contributed by atoms with E-state index in [1.165, 1.54) is 11.1 Å². The Morgan fingerprint density at radius 3 is 2.06 bits per heavy atom. The molecule has 0 saturated heterocycles. The summed E-state index contributed by atoms with van der Waals surface area (Å²) in [5, 5.41) is 0. The first-order valence-electron chi connectivity index (χ1n) is 6.20. The number of allylic oxidation sites excluding steroid dienone is 1. The van der Waals surface area contributed by atoms with Crippen molar-refractivity contribution < 1.29 is 0 Å². The van der Waals surface area contributed by atoms with Crippen molar-refractivity contribution in [3.8, 4) is 0 Å². The van der Waals surface area contributed by atoms with Crippen LogP contribution in [0.25, 0.3) is 0 Å². The predicted octanol–water partition coefficient (Wildman–Crippen LogP) is 5.31. The molecule has 0 fully saturated rings. The first-order chi connectivity index (χ1) is 8.77. The number of aryl methyl sites for hydroxylation is 1. The van der Waals surface area contributed by atoms with Gasteiger partial charge in [-0.2, -0.15) is 0 Å². The predicted molar refractivity (Wildman–Crippen MR) is 82.0 cm³/mol. The van der Waals surface area contributed by atoms with Crippen molar-refractivity contribution in [2.45, 2.75) is 18.8 Å². The minimum atomic E-state index is 0.381. The Kier molecular flexibility index (Phi) is 4.77. The van der Waals surface area contributed by atoms with Gasteiger partial charge in [0, 0.05) is 5.92 Å². The molecule has 0 N–H and O–H groups in total. The fraction of sp³-hybridized carbons (Fsp3) is 0.176. The third-order valence-corrected chi connectivity index (χ3v) is 3.70. The van der Waals surface area contributed by atoms with Crippen LogP contribution in [0.5, 0.6) is 0 Å². The Hall–Kier alpha value is -1.34. The van der Waals surface area contributed by atoms with Crippen molar-refractivity contribution >= 4 is 15.9 Å². The lowest BCUT2D eigenvalue weighted by Crippen LogP contribution is -2.00. The summed E-state index contributed by atoms with van der Waals surface area (Å²) >= 11 is 3.56. The molecule has 1 atom stereocenters. The lowest BCUT2D eigenvalue weighted by molar-refractivity contribution is 0.731. The molecule has 0 amide bonds. The van der Waals surface area contributed by atoms with Crippen LogP contribution in [0.15, 0.2) is 71.7 Å². The van der Waals surface area contributed by atoms with Crippen molar-refractivity contribution in [1.29, 1.82) is 0 Å². The number of hydrogen-bond acceptors (Lipinski definition) is 0. The molecule has 92 valence electrons. The molecule has 2 aromatic rings. The van der Waals surface area contributed by atoms with Gasteiger partial charge in [-0.15, -0.1) is 0 Å². The van der Waals surface area contributed by atoms with Gasteiger partial charge in [-0.25, -0.2) is 0 Å². The van der Waals surface area contributed by atoms with Gasteiger partial charge in [-0.3, -0.25) is 0 Å². The number of rotatable bonds is 5. The Morgan fingerprint density at radius 2 is 1.50 bits per heavy atom. The van der Waals surface area contributed by atoms with E-state index in [1.807, 2.05) is 0 Å². The van der Waals surface area contributed by atoms with Crippen LogP contribution < -0.4 is 0 Å². The molecule has 2 rings (SSSR count). The topological polar surface area (TPSA) is 0 Å². The molecule has 0 aliphatic carbocycles. The standard InChI is InChI=1S/C17H17Br/c1-14(18)17(16-10-6-3-7-11-16)13-12-15-8-4-2-5-9-15/h2-11,17H,1,12-13H2. The summed E-state index contributed by atoms with van der Waals surface area (Å²) in [7, 11) is 0. The normalized spacial score (nSPS) is 12.1. The average Bonchev–Trinajstić information content (AvgIpc) is 2.41. The van der Waals surface area contributed by atoms with E-state index in [1.54, 1.807) is 0 Å². The molecule has 0 radical (unpaired) electrons. The largest absolute Gasteiger partial charge is 0.0882 e. The molecule has 0 heterocycles. The van der Waals surface area contributed by atoms with Gasteiger partial charge in [0.25, 0.3) is 0 Å². The summed E-state index contributed by atoms with van der Waals surface area (Å²) in [6.07, 6.45) is 2.16. The van der Waals surface area contributed by atoms with Gasteiger partial charge in [0.1, 0.15) is 0 Å². The summed E-state index contributed by atoms with van der Waals surface area (Å²) < 4.78 is 1.06. The van der Waals surface area contributed by atoms with E-state index in [0.29, 0.717) is 5.92 Å². The lowest BCUT2D eigenvalue weighted by Gasteiger charge is -2.16. The molecule has 2 aromatic carbocycles. The van der Waals surface area contributed by atoms with Crippen LogP contribution in [0, 0.1) is 0 Å². The van der Waals surface area contributed by atoms with Crippen LogP contribution in [0.3, 0.4) is 0 Å². The van der Waals surface area contributed by atoms with Gasteiger partial charge in [0.15, 0.2) is 0 Å². The van der Waals surface area contributed by atoms with Crippen molar-refractivity contribution in [1.82, 2.24) is 0 Å². The second-order valence-corrected chi connectivity index (χ2v) is 5.45. The summed E-state index contributed by atoms with van der Waals surface area (Å²) in [6, 6.07) is 21.2. The Labute approximate surface area is 117 Å². The number of hydrogen-bond donors (Lipinski definition) is 0.